The van der Waals surface area contributed by atoms with E-state index in [2.05, 4.69) is 4.98 Å². The minimum absolute atomic E-state index is 0.314. The summed E-state index contributed by atoms with van der Waals surface area (Å²) in [6, 6.07) is 3.89. The second kappa shape index (κ2) is 5.67. The number of hydrogen-bond acceptors (Lipinski definition) is 5. The van der Waals surface area contributed by atoms with Crippen LogP contribution in [0, 0.1) is 0 Å². The number of nitrogens with zero attached hydrogens (tertiary/aromatic N) is 2. The zero-order valence-electron chi connectivity index (χ0n) is 15.9. The molecular formula is C17H29BN2O3. The van der Waals surface area contributed by atoms with Crippen LogP contribution in [-0.2, 0) is 9.31 Å². The summed E-state index contributed by atoms with van der Waals surface area (Å²) in [6.07, 6.45) is 0. The monoisotopic (exact) mass is 320 g/mol. The molecule has 0 aliphatic carbocycles. The number of anilines is 1. The number of ether oxygens (including phenoxy) is 1. The summed E-state index contributed by atoms with van der Waals surface area (Å²) in [5.41, 5.74) is -0.138. The molecule has 0 amide bonds. The number of hydrogen-bond donors (Lipinski definition) is 0. The Balaban J connectivity index is 2.39. The van der Waals surface area contributed by atoms with Gasteiger partial charge in [-0.05, 0) is 60.0 Å². The molecule has 0 unspecified atom stereocenters. The minimum atomic E-state index is -0.427. The van der Waals surface area contributed by atoms with Crippen LogP contribution in [0.5, 0.6) is 5.88 Å². The van der Waals surface area contributed by atoms with E-state index >= 15 is 0 Å². The Hall–Kier alpha value is -1.27. The molecule has 1 fully saturated rings. The zero-order chi connectivity index (χ0) is 17.6. The first-order valence-corrected chi connectivity index (χ1v) is 8.05. The molecule has 128 valence electrons. The van der Waals surface area contributed by atoms with Gasteiger partial charge in [0.25, 0.3) is 0 Å². The van der Waals surface area contributed by atoms with E-state index < -0.39 is 7.12 Å². The highest BCUT2D eigenvalue weighted by Gasteiger charge is 2.52. The van der Waals surface area contributed by atoms with Crippen molar-refractivity contribution in [2.75, 3.05) is 19.0 Å². The largest absolute Gasteiger partial charge is 0.495 e. The fourth-order valence-corrected chi connectivity index (χ4v) is 2.22. The SMILES string of the molecule is CN(C)c1cc(B2OC(C)(C)C(C)(C)O2)cc(OC(C)(C)C)n1. The molecule has 1 aromatic heterocycles. The van der Waals surface area contributed by atoms with Crippen molar-refractivity contribution in [1.82, 2.24) is 4.98 Å². The third-order valence-corrected chi connectivity index (χ3v) is 4.21. The van der Waals surface area contributed by atoms with Crippen molar-refractivity contribution < 1.29 is 14.0 Å². The molecular weight excluding hydrogens is 291 g/mol. The van der Waals surface area contributed by atoms with Crippen molar-refractivity contribution >= 4 is 18.4 Å². The standard InChI is InChI=1S/C17H29BN2O3/c1-15(2,3)21-14-11-12(10-13(19-14)20(8)9)18-22-16(4,5)17(6,7)23-18/h10-11H,1-9H3. The van der Waals surface area contributed by atoms with Crippen LogP contribution in [0.1, 0.15) is 48.5 Å². The maximum absolute atomic E-state index is 6.15. The summed E-state index contributed by atoms with van der Waals surface area (Å²) >= 11 is 0. The van der Waals surface area contributed by atoms with Crippen LogP contribution in [0.15, 0.2) is 12.1 Å². The van der Waals surface area contributed by atoms with Crippen molar-refractivity contribution in [3.8, 4) is 5.88 Å². The molecule has 1 aliphatic rings. The smallest absolute Gasteiger partial charge is 0.472 e. The van der Waals surface area contributed by atoms with Crippen molar-refractivity contribution in [2.24, 2.45) is 0 Å². The number of rotatable bonds is 3. The molecule has 6 heteroatoms. The second-order valence-electron chi connectivity index (χ2n) is 8.29. The average molecular weight is 320 g/mol. The molecule has 1 aromatic rings. The Morgan fingerprint density at radius 2 is 1.57 bits per heavy atom. The molecule has 1 aliphatic heterocycles. The van der Waals surface area contributed by atoms with Crippen molar-refractivity contribution in [3.63, 3.8) is 0 Å². The highest BCUT2D eigenvalue weighted by Crippen LogP contribution is 2.36. The number of aromatic nitrogens is 1. The maximum Gasteiger partial charge on any atom is 0.495 e. The first-order valence-electron chi connectivity index (χ1n) is 8.05. The Bertz CT molecular complexity index is 564. The van der Waals surface area contributed by atoms with Gasteiger partial charge in [-0.1, -0.05) is 0 Å². The van der Waals surface area contributed by atoms with Gasteiger partial charge in [-0.15, -0.1) is 0 Å². The van der Waals surface area contributed by atoms with E-state index in [4.69, 9.17) is 14.0 Å². The zero-order valence-corrected chi connectivity index (χ0v) is 15.9. The molecule has 1 saturated heterocycles. The predicted octanol–water partition coefficient (Wildman–Crippen LogP) is 2.62. The normalized spacial score (nSPS) is 19.8. The molecule has 0 N–H and O–H groups in total. The van der Waals surface area contributed by atoms with Gasteiger partial charge in [-0.25, -0.2) is 0 Å². The molecule has 0 aromatic carbocycles. The van der Waals surface area contributed by atoms with Crippen molar-refractivity contribution in [1.29, 1.82) is 0 Å². The first kappa shape index (κ1) is 18.1. The van der Waals surface area contributed by atoms with Gasteiger partial charge < -0.3 is 18.9 Å². The third-order valence-electron chi connectivity index (χ3n) is 4.21. The Labute approximate surface area is 140 Å². The van der Waals surface area contributed by atoms with Gasteiger partial charge in [0.1, 0.15) is 11.4 Å². The van der Waals surface area contributed by atoms with E-state index in [-0.39, 0.29) is 16.8 Å². The maximum atomic E-state index is 6.15. The van der Waals surface area contributed by atoms with Crippen LogP contribution in [0.4, 0.5) is 5.82 Å². The van der Waals surface area contributed by atoms with Gasteiger partial charge in [0.2, 0.25) is 5.88 Å². The molecule has 0 radical (unpaired) electrons. The van der Waals surface area contributed by atoms with Crippen LogP contribution >= 0.6 is 0 Å². The van der Waals surface area contributed by atoms with Gasteiger partial charge in [-0.2, -0.15) is 4.98 Å². The van der Waals surface area contributed by atoms with E-state index in [1.165, 1.54) is 0 Å². The lowest BCUT2D eigenvalue weighted by Crippen LogP contribution is -2.41. The lowest BCUT2D eigenvalue weighted by Gasteiger charge is -2.32. The molecule has 0 spiro atoms. The van der Waals surface area contributed by atoms with E-state index in [0.29, 0.717) is 5.88 Å². The molecule has 2 heterocycles. The molecule has 0 bridgehead atoms. The van der Waals surface area contributed by atoms with Gasteiger partial charge in [-0.3, -0.25) is 0 Å². The Morgan fingerprint density at radius 1 is 1.04 bits per heavy atom. The quantitative estimate of drug-likeness (QED) is 0.801. The predicted molar refractivity (Wildman–Crippen MR) is 94.7 cm³/mol. The summed E-state index contributed by atoms with van der Waals surface area (Å²) in [5, 5.41) is 0. The summed E-state index contributed by atoms with van der Waals surface area (Å²) in [7, 11) is 3.48. The van der Waals surface area contributed by atoms with Gasteiger partial charge >= 0.3 is 7.12 Å². The second-order valence-corrected chi connectivity index (χ2v) is 8.29. The van der Waals surface area contributed by atoms with Crippen LogP contribution in [-0.4, -0.2) is 43.0 Å². The summed E-state index contributed by atoms with van der Waals surface area (Å²) < 4.78 is 18.2. The van der Waals surface area contributed by atoms with Crippen LogP contribution < -0.4 is 15.1 Å². The summed E-state index contributed by atoms with van der Waals surface area (Å²) in [5.74, 6) is 1.39. The van der Waals surface area contributed by atoms with E-state index in [1.807, 2.05) is 79.6 Å². The lowest BCUT2D eigenvalue weighted by molar-refractivity contribution is 0.00578. The lowest BCUT2D eigenvalue weighted by atomic mass is 9.79. The van der Waals surface area contributed by atoms with Crippen molar-refractivity contribution in [3.05, 3.63) is 12.1 Å². The van der Waals surface area contributed by atoms with Crippen LogP contribution in [0.2, 0.25) is 0 Å². The average Bonchev–Trinajstić information content (AvgIpc) is 2.56. The Morgan fingerprint density at radius 3 is 2.00 bits per heavy atom. The molecule has 0 atom stereocenters. The highest BCUT2D eigenvalue weighted by molar-refractivity contribution is 6.62. The first-order chi connectivity index (χ1) is 10.3. The van der Waals surface area contributed by atoms with E-state index in [9.17, 15) is 0 Å². The van der Waals surface area contributed by atoms with Crippen LogP contribution in [0.25, 0.3) is 0 Å². The van der Waals surface area contributed by atoms with Crippen LogP contribution in [0.3, 0.4) is 0 Å². The summed E-state index contributed by atoms with van der Waals surface area (Å²) in [6.45, 7) is 14.2. The minimum Gasteiger partial charge on any atom is -0.472 e. The third kappa shape index (κ3) is 3.99. The van der Waals surface area contributed by atoms with E-state index in [1.54, 1.807) is 0 Å². The molecule has 2 rings (SSSR count). The van der Waals surface area contributed by atoms with Crippen molar-refractivity contribution in [2.45, 2.75) is 65.3 Å². The molecule has 5 nitrogen and oxygen atoms in total. The Kier molecular flexibility index (Phi) is 4.46. The van der Waals surface area contributed by atoms with Gasteiger partial charge in [0.05, 0.1) is 11.2 Å². The molecule has 0 saturated carbocycles. The topological polar surface area (TPSA) is 43.8 Å². The van der Waals surface area contributed by atoms with Gasteiger partial charge in [0.15, 0.2) is 0 Å². The fraction of sp³-hybridized carbons (Fsp3) is 0.706. The van der Waals surface area contributed by atoms with Gasteiger partial charge in [0, 0.05) is 20.2 Å². The fourth-order valence-electron chi connectivity index (χ4n) is 2.22. The molecule has 23 heavy (non-hydrogen) atoms. The number of pyridine rings is 1. The highest BCUT2D eigenvalue weighted by atomic mass is 16.7. The van der Waals surface area contributed by atoms with E-state index in [0.717, 1.165) is 11.3 Å². The summed E-state index contributed by atoms with van der Waals surface area (Å²) in [4.78, 5) is 6.50.